The highest BCUT2D eigenvalue weighted by molar-refractivity contribution is 6.30. The lowest BCUT2D eigenvalue weighted by molar-refractivity contribution is 0.413. The molecule has 0 radical (unpaired) electrons. The largest absolute Gasteiger partial charge is 0.496 e. The highest BCUT2D eigenvalue weighted by Crippen LogP contribution is 2.30. The number of methoxy groups -OCH3 is 1. The number of hydrogen-bond acceptors (Lipinski definition) is 4. The highest BCUT2D eigenvalue weighted by atomic mass is 35.5. The summed E-state index contributed by atoms with van der Waals surface area (Å²) in [4.78, 5) is 3.92. The Morgan fingerprint density at radius 3 is 2.60 bits per heavy atom. The van der Waals surface area contributed by atoms with Gasteiger partial charge in [-0.05, 0) is 35.9 Å². The van der Waals surface area contributed by atoms with Crippen molar-refractivity contribution in [3.05, 3.63) is 58.9 Å². The van der Waals surface area contributed by atoms with Gasteiger partial charge in [0.1, 0.15) is 11.8 Å². The molecule has 20 heavy (non-hydrogen) atoms. The van der Waals surface area contributed by atoms with Gasteiger partial charge in [-0.2, -0.15) is 5.26 Å². The Morgan fingerprint density at radius 2 is 2.00 bits per heavy atom. The minimum Gasteiger partial charge on any atom is -0.496 e. The van der Waals surface area contributed by atoms with Crippen LogP contribution in [0.1, 0.15) is 11.1 Å². The molecular formula is C15H12ClN3O. The number of nitrogens with two attached hydrogens (primary N) is 1. The van der Waals surface area contributed by atoms with Gasteiger partial charge in [-0.25, -0.2) is 0 Å². The summed E-state index contributed by atoms with van der Waals surface area (Å²) in [5, 5.41) is 9.89. The second kappa shape index (κ2) is 6.09. The van der Waals surface area contributed by atoms with Crippen LogP contribution < -0.4 is 10.5 Å². The second-order valence-corrected chi connectivity index (χ2v) is 4.42. The first-order chi connectivity index (χ1) is 9.67. The van der Waals surface area contributed by atoms with Crippen molar-refractivity contribution in [3.63, 3.8) is 0 Å². The van der Waals surface area contributed by atoms with Crippen LogP contribution in [0.4, 0.5) is 0 Å². The number of allylic oxidation sites excluding steroid dienone is 1. The number of rotatable bonds is 3. The molecule has 0 unspecified atom stereocenters. The Kier molecular flexibility index (Phi) is 4.24. The van der Waals surface area contributed by atoms with Gasteiger partial charge in [-0.3, -0.25) is 4.98 Å². The van der Waals surface area contributed by atoms with Crippen molar-refractivity contribution in [1.29, 1.82) is 5.26 Å². The van der Waals surface area contributed by atoms with E-state index in [1.807, 2.05) is 0 Å². The van der Waals surface area contributed by atoms with Gasteiger partial charge in [0.15, 0.2) is 0 Å². The molecule has 0 aliphatic carbocycles. The zero-order valence-corrected chi connectivity index (χ0v) is 11.6. The molecule has 0 bridgehead atoms. The Labute approximate surface area is 122 Å². The molecule has 1 aromatic heterocycles. The molecule has 0 aliphatic heterocycles. The monoisotopic (exact) mass is 285 g/mol. The first-order valence-electron chi connectivity index (χ1n) is 5.81. The Morgan fingerprint density at radius 1 is 1.30 bits per heavy atom. The fraction of sp³-hybridized carbons (Fsp3) is 0.0667. The van der Waals surface area contributed by atoms with E-state index in [1.165, 1.54) is 0 Å². The van der Waals surface area contributed by atoms with Crippen molar-refractivity contribution in [3.8, 4) is 11.8 Å². The molecule has 2 rings (SSSR count). The van der Waals surface area contributed by atoms with Crippen molar-refractivity contribution in [2.45, 2.75) is 0 Å². The Balaban J connectivity index is 2.64. The smallest absolute Gasteiger partial charge is 0.128 e. The summed E-state index contributed by atoms with van der Waals surface area (Å²) in [5.74, 6) is 0.564. The maximum absolute atomic E-state index is 9.36. The van der Waals surface area contributed by atoms with Gasteiger partial charge in [0.25, 0.3) is 0 Å². The summed E-state index contributed by atoms with van der Waals surface area (Å²) < 4.78 is 5.26. The first kappa shape index (κ1) is 13.9. The molecule has 0 saturated heterocycles. The maximum Gasteiger partial charge on any atom is 0.128 e. The summed E-state index contributed by atoms with van der Waals surface area (Å²) in [7, 11) is 1.54. The van der Waals surface area contributed by atoms with E-state index >= 15 is 0 Å². The van der Waals surface area contributed by atoms with Crippen molar-refractivity contribution < 1.29 is 4.74 Å². The molecule has 0 amide bonds. The summed E-state index contributed by atoms with van der Waals surface area (Å²) in [6.07, 6.45) is 3.21. The van der Waals surface area contributed by atoms with E-state index in [0.29, 0.717) is 33.2 Å². The van der Waals surface area contributed by atoms with Gasteiger partial charge in [-0.1, -0.05) is 11.6 Å². The summed E-state index contributed by atoms with van der Waals surface area (Å²) >= 11 is 5.99. The topological polar surface area (TPSA) is 71.9 Å². The van der Waals surface area contributed by atoms with Gasteiger partial charge in [0.05, 0.1) is 18.4 Å². The van der Waals surface area contributed by atoms with Crippen molar-refractivity contribution >= 4 is 22.9 Å². The minimum atomic E-state index is 0.318. The summed E-state index contributed by atoms with van der Waals surface area (Å²) in [5.41, 5.74) is 8.08. The highest BCUT2D eigenvalue weighted by Gasteiger charge is 2.13. The van der Waals surface area contributed by atoms with Crippen LogP contribution in [0, 0.1) is 11.3 Å². The number of halogens is 1. The third-order valence-electron chi connectivity index (χ3n) is 2.80. The van der Waals surface area contributed by atoms with Crippen LogP contribution >= 0.6 is 11.6 Å². The number of ether oxygens (including phenoxy) is 1. The molecule has 4 nitrogen and oxygen atoms in total. The van der Waals surface area contributed by atoms with Gasteiger partial charge < -0.3 is 10.5 Å². The predicted octanol–water partition coefficient (Wildman–Crippen LogP) is 3.09. The van der Waals surface area contributed by atoms with E-state index in [-0.39, 0.29) is 0 Å². The fourth-order valence-electron chi connectivity index (χ4n) is 1.82. The average Bonchev–Trinajstić information content (AvgIpc) is 2.49. The number of aromatic nitrogens is 1. The number of benzene rings is 1. The van der Waals surface area contributed by atoms with Crippen molar-refractivity contribution in [1.82, 2.24) is 4.98 Å². The predicted molar refractivity (Wildman–Crippen MR) is 78.9 cm³/mol. The van der Waals surface area contributed by atoms with Gasteiger partial charge in [-0.15, -0.1) is 0 Å². The zero-order valence-electron chi connectivity index (χ0n) is 10.8. The molecule has 1 heterocycles. The fourth-order valence-corrected chi connectivity index (χ4v) is 2.00. The number of hydrogen-bond donors (Lipinski definition) is 1. The maximum atomic E-state index is 9.36. The van der Waals surface area contributed by atoms with Crippen LogP contribution in [0.15, 0.2) is 42.7 Å². The third kappa shape index (κ3) is 2.73. The lowest BCUT2D eigenvalue weighted by atomic mass is 10.0. The van der Waals surface area contributed by atoms with E-state index in [9.17, 15) is 5.26 Å². The van der Waals surface area contributed by atoms with Crippen LogP contribution in [0.5, 0.6) is 5.75 Å². The van der Waals surface area contributed by atoms with Crippen LogP contribution in [-0.4, -0.2) is 12.1 Å². The molecule has 2 aromatic rings. The van der Waals surface area contributed by atoms with E-state index in [0.717, 1.165) is 0 Å². The molecule has 0 spiro atoms. The standard InChI is InChI=1S/C15H12ClN3O/c1-20-14-3-2-11(16)8-12(14)15(18)13(9-17)10-4-6-19-7-5-10/h2-8H,18H2,1H3/b15-13+. The lowest BCUT2D eigenvalue weighted by Gasteiger charge is -2.11. The molecule has 0 saturated carbocycles. The van der Waals surface area contributed by atoms with E-state index in [4.69, 9.17) is 22.1 Å². The summed E-state index contributed by atoms with van der Waals surface area (Å²) in [6, 6.07) is 10.7. The van der Waals surface area contributed by atoms with Gasteiger partial charge in [0, 0.05) is 23.0 Å². The minimum absolute atomic E-state index is 0.318. The van der Waals surface area contributed by atoms with Crippen molar-refractivity contribution in [2.75, 3.05) is 7.11 Å². The molecule has 2 N–H and O–H groups in total. The Hall–Kier alpha value is -2.51. The van der Waals surface area contributed by atoms with Crippen LogP contribution in [0.2, 0.25) is 5.02 Å². The van der Waals surface area contributed by atoms with E-state index in [2.05, 4.69) is 11.1 Å². The molecular weight excluding hydrogens is 274 g/mol. The van der Waals surface area contributed by atoms with Gasteiger partial charge >= 0.3 is 0 Å². The van der Waals surface area contributed by atoms with Crippen LogP contribution in [0.3, 0.4) is 0 Å². The zero-order chi connectivity index (χ0) is 14.5. The Bertz CT molecular complexity index is 690. The van der Waals surface area contributed by atoms with E-state index < -0.39 is 0 Å². The summed E-state index contributed by atoms with van der Waals surface area (Å²) in [6.45, 7) is 0. The molecule has 100 valence electrons. The normalized spacial score (nSPS) is 11.4. The SMILES string of the molecule is COc1ccc(Cl)cc1/C(N)=C(/C#N)c1ccncc1. The molecule has 0 fully saturated rings. The van der Waals surface area contributed by atoms with Crippen LogP contribution in [-0.2, 0) is 0 Å². The molecule has 0 atom stereocenters. The average molecular weight is 286 g/mol. The quantitative estimate of drug-likeness (QED) is 0.880. The number of nitrogens with zero attached hydrogens (tertiary/aromatic N) is 2. The molecule has 5 heteroatoms. The molecule has 1 aromatic carbocycles. The molecule has 0 aliphatic rings. The van der Waals surface area contributed by atoms with Crippen molar-refractivity contribution in [2.24, 2.45) is 5.73 Å². The first-order valence-corrected chi connectivity index (χ1v) is 6.19. The lowest BCUT2D eigenvalue weighted by Crippen LogP contribution is -2.03. The van der Waals surface area contributed by atoms with Gasteiger partial charge in [0.2, 0.25) is 0 Å². The van der Waals surface area contributed by atoms with Crippen LogP contribution in [0.25, 0.3) is 11.3 Å². The number of pyridine rings is 1. The number of nitriles is 1. The second-order valence-electron chi connectivity index (χ2n) is 3.98. The third-order valence-corrected chi connectivity index (χ3v) is 3.04. The van der Waals surface area contributed by atoms with E-state index in [1.54, 1.807) is 49.8 Å².